The van der Waals surface area contributed by atoms with Gasteiger partial charge < -0.3 is 14.5 Å². The van der Waals surface area contributed by atoms with Crippen molar-refractivity contribution >= 4 is 28.9 Å². The summed E-state index contributed by atoms with van der Waals surface area (Å²) in [6.07, 6.45) is 3.22. The van der Waals surface area contributed by atoms with Crippen LogP contribution in [0.2, 0.25) is 0 Å². The molecule has 0 radical (unpaired) electrons. The van der Waals surface area contributed by atoms with E-state index in [2.05, 4.69) is 10.3 Å². The lowest BCUT2D eigenvalue weighted by molar-refractivity contribution is -0.384. The van der Waals surface area contributed by atoms with E-state index in [1.165, 1.54) is 18.3 Å². The quantitative estimate of drug-likeness (QED) is 0.420. The van der Waals surface area contributed by atoms with Crippen LogP contribution in [-0.2, 0) is 9.53 Å². The van der Waals surface area contributed by atoms with E-state index < -0.39 is 23.4 Å². The minimum Gasteiger partial charge on any atom is -0.451 e. The number of rotatable bonds is 5. The van der Waals surface area contributed by atoms with Crippen molar-refractivity contribution in [2.45, 2.75) is 13.8 Å². The molecular formula is C18H16N4O5. The Hall–Kier alpha value is -3.75. The van der Waals surface area contributed by atoms with Crippen LogP contribution in [-0.4, -0.2) is 32.8 Å². The van der Waals surface area contributed by atoms with E-state index in [9.17, 15) is 19.7 Å². The van der Waals surface area contributed by atoms with Crippen LogP contribution < -0.4 is 5.32 Å². The number of benzene rings is 1. The number of nitro benzene ring substituents is 1. The van der Waals surface area contributed by atoms with Crippen molar-refractivity contribution in [2.24, 2.45) is 0 Å². The predicted octanol–water partition coefficient (Wildman–Crippen LogP) is 2.65. The molecule has 0 fully saturated rings. The number of fused-ring (bicyclic) bond motifs is 1. The fourth-order valence-corrected chi connectivity index (χ4v) is 2.48. The molecule has 0 aliphatic carbocycles. The van der Waals surface area contributed by atoms with Gasteiger partial charge in [-0.15, -0.1) is 0 Å². The molecule has 2 aromatic heterocycles. The average Bonchev–Trinajstić information content (AvgIpc) is 3.06. The molecule has 0 bridgehead atoms. The standard InChI is InChI=1S/C18H16N4O5/c1-11-7-13(15(22(25)26)8-12(11)2)20-17(23)10-27-18(24)14-9-21-6-4-3-5-16(21)19-14/h3-9H,10H2,1-2H3,(H,20,23). The zero-order valence-electron chi connectivity index (χ0n) is 14.6. The van der Waals surface area contributed by atoms with E-state index >= 15 is 0 Å². The number of imidazole rings is 1. The molecule has 27 heavy (non-hydrogen) atoms. The van der Waals surface area contributed by atoms with Gasteiger partial charge in [-0.05, 0) is 43.2 Å². The van der Waals surface area contributed by atoms with Crippen LogP contribution in [0, 0.1) is 24.0 Å². The number of ether oxygens (including phenoxy) is 1. The minimum absolute atomic E-state index is 0.0527. The zero-order chi connectivity index (χ0) is 19.6. The Balaban J connectivity index is 1.67. The first kappa shape index (κ1) is 18.1. The maximum Gasteiger partial charge on any atom is 0.359 e. The number of carbonyl (C=O) groups excluding carboxylic acids is 2. The summed E-state index contributed by atoms with van der Waals surface area (Å²) in [6.45, 7) is 2.93. The number of carbonyl (C=O) groups is 2. The third-order valence-corrected chi connectivity index (χ3v) is 3.99. The third kappa shape index (κ3) is 3.92. The first-order valence-corrected chi connectivity index (χ1v) is 8.01. The Morgan fingerprint density at radius 2 is 2.00 bits per heavy atom. The van der Waals surface area contributed by atoms with Gasteiger partial charge in [0, 0.05) is 18.5 Å². The van der Waals surface area contributed by atoms with Gasteiger partial charge in [-0.25, -0.2) is 9.78 Å². The normalized spacial score (nSPS) is 10.6. The van der Waals surface area contributed by atoms with Gasteiger partial charge in [-0.1, -0.05) is 6.07 Å². The molecule has 3 aromatic rings. The van der Waals surface area contributed by atoms with Crippen LogP contribution in [0.3, 0.4) is 0 Å². The summed E-state index contributed by atoms with van der Waals surface area (Å²) < 4.78 is 6.60. The van der Waals surface area contributed by atoms with Crippen LogP contribution in [0.4, 0.5) is 11.4 Å². The second-order valence-corrected chi connectivity index (χ2v) is 5.93. The number of esters is 1. The van der Waals surface area contributed by atoms with Crippen molar-refractivity contribution in [1.82, 2.24) is 9.38 Å². The highest BCUT2D eigenvalue weighted by Gasteiger charge is 2.19. The monoisotopic (exact) mass is 368 g/mol. The van der Waals surface area contributed by atoms with Crippen LogP contribution in [0.15, 0.2) is 42.7 Å². The number of aromatic nitrogens is 2. The first-order valence-electron chi connectivity index (χ1n) is 8.01. The molecule has 0 saturated heterocycles. The van der Waals surface area contributed by atoms with Gasteiger partial charge in [-0.2, -0.15) is 0 Å². The van der Waals surface area contributed by atoms with Crippen LogP contribution in [0.1, 0.15) is 21.6 Å². The molecule has 0 spiro atoms. The van der Waals surface area contributed by atoms with Gasteiger partial charge in [0.2, 0.25) is 0 Å². The Morgan fingerprint density at radius 3 is 2.70 bits per heavy atom. The Kier molecular flexibility index (Phi) is 4.84. The van der Waals surface area contributed by atoms with E-state index in [-0.39, 0.29) is 17.1 Å². The fraction of sp³-hybridized carbons (Fsp3) is 0.167. The van der Waals surface area contributed by atoms with E-state index in [4.69, 9.17) is 4.74 Å². The molecule has 1 N–H and O–H groups in total. The lowest BCUT2D eigenvalue weighted by atomic mass is 10.1. The van der Waals surface area contributed by atoms with Crippen molar-refractivity contribution in [1.29, 1.82) is 0 Å². The lowest BCUT2D eigenvalue weighted by Gasteiger charge is -2.09. The number of pyridine rings is 1. The fourth-order valence-electron chi connectivity index (χ4n) is 2.48. The first-order chi connectivity index (χ1) is 12.8. The highest BCUT2D eigenvalue weighted by atomic mass is 16.6. The zero-order valence-corrected chi connectivity index (χ0v) is 14.6. The Bertz CT molecular complexity index is 1020. The molecular weight excluding hydrogens is 352 g/mol. The third-order valence-electron chi connectivity index (χ3n) is 3.99. The van der Waals surface area contributed by atoms with E-state index in [0.717, 1.165) is 11.1 Å². The number of amides is 1. The second-order valence-electron chi connectivity index (χ2n) is 5.93. The van der Waals surface area contributed by atoms with Gasteiger partial charge in [0.25, 0.3) is 11.6 Å². The molecule has 1 aromatic carbocycles. The van der Waals surface area contributed by atoms with Crippen LogP contribution >= 0.6 is 0 Å². The van der Waals surface area contributed by atoms with E-state index in [1.807, 2.05) is 0 Å². The van der Waals surface area contributed by atoms with Gasteiger partial charge in [0.1, 0.15) is 11.3 Å². The average molecular weight is 368 g/mol. The van der Waals surface area contributed by atoms with Gasteiger partial charge >= 0.3 is 5.97 Å². The second kappa shape index (κ2) is 7.24. The Labute approximate surface area is 153 Å². The molecule has 0 unspecified atom stereocenters. The van der Waals surface area contributed by atoms with Crippen molar-refractivity contribution in [3.05, 3.63) is 69.7 Å². The van der Waals surface area contributed by atoms with E-state index in [0.29, 0.717) is 5.65 Å². The number of nitrogens with zero attached hydrogens (tertiary/aromatic N) is 3. The van der Waals surface area contributed by atoms with Gasteiger partial charge in [-0.3, -0.25) is 14.9 Å². The van der Waals surface area contributed by atoms with Gasteiger partial charge in [0.15, 0.2) is 12.3 Å². The van der Waals surface area contributed by atoms with Crippen molar-refractivity contribution in [3.8, 4) is 0 Å². The number of hydrogen-bond donors (Lipinski definition) is 1. The van der Waals surface area contributed by atoms with Crippen molar-refractivity contribution in [2.75, 3.05) is 11.9 Å². The molecule has 2 heterocycles. The molecule has 0 atom stereocenters. The number of anilines is 1. The molecule has 0 aliphatic rings. The Morgan fingerprint density at radius 1 is 1.26 bits per heavy atom. The summed E-state index contributed by atoms with van der Waals surface area (Å²) in [7, 11) is 0. The topological polar surface area (TPSA) is 116 Å². The van der Waals surface area contributed by atoms with Crippen molar-refractivity contribution in [3.63, 3.8) is 0 Å². The smallest absolute Gasteiger partial charge is 0.359 e. The molecule has 0 saturated carbocycles. The summed E-state index contributed by atoms with van der Waals surface area (Å²) in [5.74, 6) is -1.44. The SMILES string of the molecule is Cc1cc(NC(=O)COC(=O)c2cn3ccccc3n2)c([N+](=O)[O-])cc1C. The number of nitrogens with one attached hydrogen (secondary N) is 1. The van der Waals surface area contributed by atoms with Gasteiger partial charge in [0.05, 0.1) is 4.92 Å². The number of hydrogen-bond acceptors (Lipinski definition) is 6. The number of nitro groups is 1. The highest BCUT2D eigenvalue weighted by molar-refractivity contribution is 5.96. The summed E-state index contributed by atoms with van der Waals surface area (Å²) >= 11 is 0. The molecule has 0 aliphatic heterocycles. The molecule has 1 amide bonds. The van der Waals surface area contributed by atoms with Crippen molar-refractivity contribution < 1.29 is 19.2 Å². The molecule has 9 nitrogen and oxygen atoms in total. The molecule has 3 rings (SSSR count). The number of aryl methyl sites for hydroxylation is 2. The minimum atomic E-state index is -0.761. The maximum absolute atomic E-state index is 12.1. The largest absolute Gasteiger partial charge is 0.451 e. The predicted molar refractivity (Wildman–Crippen MR) is 96.7 cm³/mol. The maximum atomic E-state index is 12.1. The van der Waals surface area contributed by atoms with Crippen LogP contribution in [0.25, 0.3) is 5.65 Å². The molecule has 9 heteroatoms. The van der Waals surface area contributed by atoms with Crippen LogP contribution in [0.5, 0.6) is 0 Å². The molecule has 138 valence electrons. The summed E-state index contributed by atoms with van der Waals surface area (Å²) in [5.41, 5.74) is 1.98. The summed E-state index contributed by atoms with van der Waals surface area (Å²) in [5, 5.41) is 13.6. The van der Waals surface area contributed by atoms with E-state index in [1.54, 1.807) is 42.6 Å². The summed E-state index contributed by atoms with van der Waals surface area (Å²) in [6, 6.07) is 8.18. The lowest BCUT2D eigenvalue weighted by Crippen LogP contribution is -2.21. The highest BCUT2D eigenvalue weighted by Crippen LogP contribution is 2.27. The summed E-state index contributed by atoms with van der Waals surface area (Å²) in [4.78, 5) is 38.8.